The van der Waals surface area contributed by atoms with Gasteiger partial charge in [0.05, 0.1) is 25.9 Å². The first-order valence-corrected chi connectivity index (χ1v) is 10.5. The number of nitrogens with one attached hydrogen (secondary N) is 1. The van der Waals surface area contributed by atoms with E-state index < -0.39 is 0 Å². The molecule has 1 atom stereocenters. The van der Waals surface area contributed by atoms with Crippen molar-refractivity contribution in [2.24, 2.45) is 18.9 Å². The molecule has 0 unspecified atom stereocenters. The van der Waals surface area contributed by atoms with Crippen LogP contribution < -0.4 is 14.8 Å². The van der Waals surface area contributed by atoms with Crippen LogP contribution in [0.5, 0.6) is 11.9 Å². The Labute approximate surface area is 170 Å². The first kappa shape index (κ1) is 19.9. The van der Waals surface area contributed by atoms with Crippen molar-refractivity contribution in [2.45, 2.75) is 51.7 Å². The molecular weight excluding hydrogens is 372 g/mol. The minimum Gasteiger partial charge on any atom is -0.477 e. The lowest BCUT2D eigenvalue weighted by molar-refractivity contribution is -0.120. The Kier molecular flexibility index (Phi) is 5.89. The van der Waals surface area contributed by atoms with E-state index >= 15 is 0 Å². The second-order valence-corrected chi connectivity index (χ2v) is 8.41. The van der Waals surface area contributed by atoms with Crippen molar-refractivity contribution in [3.8, 4) is 11.9 Å². The number of aromatic nitrogens is 3. The molecule has 0 aromatic carbocycles. The minimum absolute atomic E-state index is 0.0273. The van der Waals surface area contributed by atoms with Crippen LogP contribution in [-0.2, 0) is 16.6 Å². The highest BCUT2D eigenvalue weighted by Crippen LogP contribution is 2.32. The van der Waals surface area contributed by atoms with Crippen LogP contribution in [0.25, 0.3) is 11.2 Å². The van der Waals surface area contributed by atoms with Gasteiger partial charge in [0.2, 0.25) is 11.8 Å². The molecule has 2 aliphatic rings. The Balaban J connectivity index is 1.22. The predicted molar refractivity (Wildman–Crippen MR) is 108 cm³/mol. The average Bonchev–Trinajstić information content (AvgIpc) is 3.42. The highest BCUT2D eigenvalue weighted by Gasteiger charge is 2.31. The maximum atomic E-state index is 11.0. The van der Waals surface area contributed by atoms with Crippen molar-refractivity contribution >= 4 is 17.1 Å². The molecule has 2 heterocycles. The van der Waals surface area contributed by atoms with Crippen LogP contribution in [0.1, 0.15) is 39.5 Å². The molecule has 0 bridgehead atoms. The summed E-state index contributed by atoms with van der Waals surface area (Å²) in [5.74, 6) is 1.74. The van der Waals surface area contributed by atoms with Gasteiger partial charge in [0.1, 0.15) is 5.52 Å². The van der Waals surface area contributed by atoms with E-state index in [0.717, 1.165) is 30.6 Å². The SMILES string of the molecule is CC(=O)N[C@@H](C)COC1CC(COc2ccc3nc(OCC4CC4)n(C)c3n2)C1. The standard InChI is InChI=1S/C21H30N4O4/c1-13(22-14(2)26)10-27-17-8-16(9-17)12-28-19-7-6-18-20(24-19)25(3)21(23-18)29-11-15-4-5-15/h6-7,13,15-17H,4-5,8-12H2,1-3H3,(H,22,26)/t13-,16?,17?/m0/s1. The molecule has 1 N–H and O–H groups in total. The van der Waals surface area contributed by atoms with E-state index in [9.17, 15) is 4.79 Å². The van der Waals surface area contributed by atoms with Crippen LogP contribution >= 0.6 is 0 Å². The number of fused-ring (bicyclic) bond motifs is 1. The van der Waals surface area contributed by atoms with E-state index in [-0.39, 0.29) is 18.1 Å². The lowest BCUT2D eigenvalue weighted by Crippen LogP contribution is -2.40. The number of amides is 1. The van der Waals surface area contributed by atoms with Crippen LogP contribution in [0, 0.1) is 11.8 Å². The van der Waals surface area contributed by atoms with Gasteiger partial charge in [-0.05, 0) is 50.5 Å². The molecule has 8 nitrogen and oxygen atoms in total. The van der Waals surface area contributed by atoms with Gasteiger partial charge >= 0.3 is 0 Å². The quantitative estimate of drug-likeness (QED) is 0.657. The van der Waals surface area contributed by atoms with Crippen LogP contribution in [0.4, 0.5) is 0 Å². The molecule has 0 spiro atoms. The summed E-state index contributed by atoms with van der Waals surface area (Å²) in [6, 6.07) is 4.44. The van der Waals surface area contributed by atoms with Crippen molar-refractivity contribution in [3.63, 3.8) is 0 Å². The fourth-order valence-electron chi connectivity index (χ4n) is 3.53. The predicted octanol–water partition coefficient (Wildman–Crippen LogP) is 2.46. The number of aryl methyl sites for hydroxylation is 1. The molecule has 2 aromatic rings. The molecule has 158 valence electrons. The van der Waals surface area contributed by atoms with Gasteiger partial charge in [-0.1, -0.05) is 0 Å². The van der Waals surface area contributed by atoms with Gasteiger partial charge in [0.15, 0.2) is 5.65 Å². The third-order valence-electron chi connectivity index (χ3n) is 5.49. The number of imidazole rings is 1. The lowest BCUT2D eigenvalue weighted by atomic mass is 9.83. The van der Waals surface area contributed by atoms with Crippen molar-refractivity contribution in [2.75, 3.05) is 19.8 Å². The van der Waals surface area contributed by atoms with Gasteiger partial charge in [-0.3, -0.25) is 9.36 Å². The number of rotatable bonds is 10. The number of carbonyl (C=O) groups excluding carboxylic acids is 1. The zero-order valence-electron chi connectivity index (χ0n) is 17.4. The first-order chi connectivity index (χ1) is 14.0. The number of carbonyl (C=O) groups is 1. The van der Waals surface area contributed by atoms with Crippen LogP contribution in [0.3, 0.4) is 0 Å². The minimum atomic E-state index is -0.0273. The molecule has 2 saturated carbocycles. The zero-order valence-corrected chi connectivity index (χ0v) is 17.4. The van der Waals surface area contributed by atoms with E-state index in [0.29, 0.717) is 36.9 Å². The van der Waals surface area contributed by atoms with Gasteiger partial charge in [-0.15, -0.1) is 0 Å². The van der Waals surface area contributed by atoms with Gasteiger partial charge in [-0.25, -0.2) is 0 Å². The van der Waals surface area contributed by atoms with Crippen LogP contribution in [0.2, 0.25) is 0 Å². The van der Waals surface area contributed by atoms with Gasteiger partial charge in [0, 0.05) is 26.1 Å². The summed E-state index contributed by atoms with van der Waals surface area (Å²) in [7, 11) is 1.92. The topological polar surface area (TPSA) is 87.5 Å². The molecule has 8 heteroatoms. The summed E-state index contributed by atoms with van der Waals surface area (Å²) in [6.45, 7) is 5.37. The average molecular weight is 402 g/mol. The van der Waals surface area contributed by atoms with E-state index in [2.05, 4.69) is 15.3 Å². The Bertz CT molecular complexity index is 858. The van der Waals surface area contributed by atoms with Crippen LogP contribution in [-0.4, -0.2) is 52.4 Å². The first-order valence-electron chi connectivity index (χ1n) is 10.5. The molecule has 0 radical (unpaired) electrons. The van der Waals surface area contributed by atoms with E-state index in [1.807, 2.05) is 30.7 Å². The van der Waals surface area contributed by atoms with Crippen LogP contribution in [0.15, 0.2) is 12.1 Å². The maximum absolute atomic E-state index is 11.0. The fraction of sp³-hybridized carbons (Fsp3) is 0.667. The van der Waals surface area contributed by atoms with E-state index in [1.54, 1.807) is 0 Å². The Morgan fingerprint density at radius 2 is 1.97 bits per heavy atom. The Morgan fingerprint density at radius 1 is 1.21 bits per heavy atom. The normalized spacial score (nSPS) is 22.2. The Hall–Kier alpha value is -2.35. The molecule has 29 heavy (non-hydrogen) atoms. The second-order valence-electron chi connectivity index (χ2n) is 8.41. The number of hydrogen-bond donors (Lipinski definition) is 1. The fourth-order valence-corrected chi connectivity index (χ4v) is 3.53. The number of hydrogen-bond acceptors (Lipinski definition) is 6. The summed E-state index contributed by atoms with van der Waals surface area (Å²) in [5.41, 5.74) is 1.59. The van der Waals surface area contributed by atoms with Crippen molar-refractivity contribution in [1.82, 2.24) is 19.9 Å². The zero-order chi connectivity index (χ0) is 20.4. The molecule has 4 rings (SSSR count). The maximum Gasteiger partial charge on any atom is 0.298 e. The molecule has 1 amide bonds. The summed E-state index contributed by atoms with van der Waals surface area (Å²) in [5, 5.41) is 2.83. The van der Waals surface area contributed by atoms with Crippen molar-refractivity contribution < 1.29 is 19.0 Å². The third-order valence-corrected chi connectivity index (χ3v) is 5.49. The molecule has 2 aromatic heterocycles. The Morgan fingerprint density at radius 3 is 2.69 bits per heavy atom. The van der Waals surface area contributed by atoms with Crippen molar-refractivity contribution in [3.05, 3.63) is 12.1 Å². The molecule has 2 aliphatic carbocycles. The second kappa shape index (κ2) is 8.57. The highest BCUT2D eigenvalue weighted by atomic mass is 16.5. The highest BCUT2D eigenvalue weighted by molar-refractivity contribution is 5.73. The molecule has 2 fully saturated rings. The molecule has 0 aliphatic heterocycles. The summed E-state index contributed by atoms with van der Waals surface area (Å²) >= 11 is 0. The summed E-state index contributed by atoms with van der Waals surface area (Å²) < 4.78 is 19.4. The lowest BCUT2D eigenvalue weighted by Gasteiger charge is -2.35. The van der Waals surface area contributed by atoms with E-state index in [4.69, 9.17) is 14.2 Å². The van der Waals surface area contributed by atoms with Gasteiger partial charge in [0.25, 0.3) is 6.01 Å². The smallest absolute Gasteiger partial charge is 0.298 e. The monoisotopic (exact) mass is 402 g/mol. The largest absolute Gasteiger partial charge is 0.477 e. The van der Waals surface area contributed by atoms with Gasteiger partial charge in [-0.2, -0.15) is 9.97 Å². The van der Waals surface area contributed by atoms with Crippen molar-refractivity contribution in [1.29, 1.82) is 0 Å². The summed E-state index contributed by atoms with van der Waals surface area (Å²) in [4.78, 5) is 20.1. The number of ether oxygens (including phenoxy) is 3. The number of nitrogens with zero attached hydrogens (tertiary/aromatic N) is 3. The number of pyridine rings is 1. The molecule has 0 saturated heterocycles. The van der Waals surface area contributed by atoms with E-state index in [1.165, 1.54) is 19.8 Å². The van der Waals surface area contributed by atoms with Gasteiger partial charge < -0.3 is 19.5 Å². The summed E-state index contributed by atoms with van der Waals surface area (Å²) in [6.07, 6.45) is 4.70. The third kappa shape index (κ3) is 5.18. The molecular formula is C21H30N4O4.